The number of rotatable bonds is 2. The predicted octanol–water partition coefficient (Wildman–Crippen LogP) is 0.0628. The zero-order chi connectivity index (χ0) is 10.2. The summed E-state index contributed by atoms with van der Waals surface area (Å²) < 4.78 is 0. The lowest BCUT2D eigenvalue weighted by atomic mass is 10.2. The fourth-order valence-corrected chi connectivity index (χ4v) is 1.66. The van der Waals surface area contributed by atoms with Crippen molar-refractivity contribution in [1.82, 2.24) is 5.32 Å². The molecule has 1 fully saturated rings. The average Bonchev–Trinajstić information content (AvgIpc) is 2.57. The average molecular weight is 224 g/mol. The lowest BCUT2D eigenvalue weighted by molar-refractivity contribution is -0.141. The van der Waals surface area contributed by atoms with Gasteiger partial charge in [-0.1, -0.05) is 0 Å². The van der Waals surface area contributed by atoms with Crippen LogP contribution in [0.4, 0.5) is 0 Å². The maximum Gasteiger partial charge on any atom is 0.294 e. The standard InChI is InChI=1S/C7H7Cl2NO3/c1-2(11)10-7(13)6(12)3-4(8)5(3)9/h3-5H,1H3,(H,10,11,13). The van der Waals surface area contributed by atoms with Crippen LogP contribution >= 0.6 is 23.2 Å². The molecule has 1 aliphatic carbocycles. The number of hydrogen-bond acceptors (Lipinski definition) is 3. The Labute approximate surface area is 84.6 Å². The highest BCUT2D eigenvalue weighted by Gasteiger charge is 2.54. The molecule has 1 N–H and O–H groups in total. The molecule has 72 valence electrons. The molecule has 0 heterocycles. The van der Waals surface area contributed by atoms with Gasteiger partial charge in [0.15, 0.2) is 0 Å². The molecular weight excluding hydrogens is 217 g/mol. The van der Waals surface area contributed by atoms with Crippen LogP contribution in [-0.4, -0.2) is 28.4 Å². The molecule has 0 spiro atoms. The van der Waals surface area contributed by atoms with E-state index in [1.54, 1.807) is 0 Å². The van der Waals surface area contributed by atoms with E-state index in [1.165, 1.54) is 0 Å². The van der Waals surface area contributed by atoms with E-state index in [1.807, 2.05) is 5.32 Å². The van der Waals surface area contributed by atoms with Gasteiger partial charge in [-0.25, -0.2) is 0 Å². The summed E-state index contributed by atoms with van der Waals surface area (Å²) in [6.07, 6.45) is 0. The molecule has 2 atom stereocenters. The summed E-state index contributed by atoms with van der Waals surface area (Å²) in [4.78, 5) is 32.5. The molecule has 1 rings (SSSR count). The number of hydrogen-bond donors (Lipinski definition) is 1. The van der Waals surface area contributed by atoms with E-state index in [-0.39, 0.29) is 0 Å². The number of alkyl halides is 2. The first-order valence-corrected chi connectivity index (χ1v) is 4.46. The van der Waals surface area contributed by atoms with Crippen molar-refractivity contribution < 1.29 is 14.4 Å². The Morgan fingerprint density at radius 1 is 1.15 bits per heavy atom. The van der Waals surface area contributed by atoms with Gasteiger partial charge in [-0.2, -0.15) is 0 Å². The molecule has 2 unspecified atom stereocenters. The van der Waals surface area contributed by atoms with Crippen LogP contribution in [0.5, 0.6) is 0 Å². The third-order valence-corrected chi connectivity index (χ3v) is 2.88. The highest BCUT2D eigenvalue weighted by molar-refractivity contribution is 6.47. The number of nitrogens with one attached hydrogen (secondary N) is 1. The van der Waals surface area contributed by atoms with E-state index in [9.17, 15) is 14.4 Å². The highest BCUT2D eigenvalue weighted by Crippen LogP contribution is 2.42. The molecule has 0 radical (unpaired) electrons. The van der Waals surface area contributed by atoms with Gasteiger partial charge in [-0.05, 0) is 0 Å². The highest BCUT2D eigenvalue weighted by atomic mass is 35.5. The fourth-order valence-electron chi connectivity index (χ4n) is 0.902. The molecule has 2 amide bonds. The van der Waals surface area contributed by atoms with Crippen LogP contribution in [0.25, 0.3) is 0 Å². The van der Waals surface area contributed by atoms with E-state index in [4.69, 9.17) is 23.2 Å². The normalized spacial score (nSPS) is 30.8. The van der Waals surface area contributed by atoms with Crippen molar-refractivity contribution in [1.29, 1.82) is 0 Å². The smallest absolute Gasteiger partial charge is 0.290 e. The van der Waals surface area contributed by atoms with Crippen LogP contribution < -0.4 is 5.32 Å². The van der Waals surface area contributed by atoms with Crippen molar-refractivity contribution in [3.05, 3.63) is 0 Å². The number of Topliss-reactive ketones (excluding diaryl/α,β-unsaturated/α-hetero) is 1. The summed E-state index contributed by atoms with van der Waals surface area (Å²) >= 11 is 11.1. The van der Waals surface area contributed by atoms with Crippen LogP contribution in [0.2, 0.25) is 0 Å². The minimum Gasteiger partial charge on any atom is -0.290 e. The Balaban J connectivity index is 2.50. The van der Waals surface area contributed by atoms with Crippen LogP contribution in [0.1, 0.15) is 6.92 Å². The minimum absolute atomic E-state index is 0.494. The first-order valence-electron chi connectivity index (χ1n) is 3.59. The largest absolute Gasteiger partial charge is 0.294 e. The number of halogens is 2. The van der Waals surface area contributed by atoms with E-state index >= 15 is 0 Å². The Morgan fingerprint density at radius 3 is 1.92 bits per heavy atom. The fraction of sp³-hybridized carbons (Fsp3) is 0.571. The van der Waals surface area contributed by atoms with Gasteiger partial charge < -0.3 is 0 Å². The second-order valence-electron chi connectivity index (χ2n) is 2.79. The summed E-state index contributed by atoms with van der Waals surface area (Å²) in [5, 5.41) is 0.873. The maximum absolute atomic E-state index is 11.1. The number of imide groups is 1. The van der Waals surface area contributed by atoms with Gasteiger partial charge in [0.1, 0.15) is 0 Å². The van der Waals surface area contributed by atoms with E-state index in [0.29, 0.717) is 0 Å². The molecule has 6 heteroatoms. The molecular formula is C7H7Cl2NO3. The van der Waals surface area contributed by atoms with Crippen LogP contribution in [0.3, 0.4) is 0 Å². The van der Waals surface area contributed by atoms with Crippen LogP contribution in [0, 0.1) is 5.92 Å². The van der Waals surface area contributed by atoms with Crippen LogP contribution in [0.15, 0.2) is 0 Å². The lowest BCUT2D eigenvalue weighted by Crippen LogP contribution is -2.35. The molecule has 0 saturated heterocycles. The first-order chi connectivity index (χ1) is 5.95. The van der Waals surface area contributed by atoms with Gasteiger partial charge >= 0.3 is 0 Å². The van der Waals surface area contributed by atoms with Gasteiger partial charge in [-0.3, -0.25) is 19.7 Å². The molecule has 0 aromatic heterocycles. The lowest BCUT2D eigenvalue weighted by Gasteiger charge is -1.97. The second-order valence-corrected chi connectivity index (χ2v) is 3.80. The van der Waals surface area contributed by atoms with Gasteiger partial charge in [0.25, 0.3) is 5.91 Å². The molecule has 0 aromatic carbocycles. The van der Waals surface area contributed by atoms with Gasteiger partial charge in [0.2, 0.25) is 11.7 Å². The second kappa shape index (κ2) is 3.64. The third kappa shape index (κ3) is 2.19. The Bertz CT molecular complexity index is 271. The summed E-state index contributed by atoms with van der Waals surface area (Å²) in [6, 6.07) is 0. The maximum atomic E-state index is 11.1. The predicted molar refractivity (Wildman–Crippen MR) is 46.6 cm³/mol. The quantitative estimate of drug-likeness (QED) is 0.533. The molecule has 4 nitrogen and oxygen atoms in total. The monoisotopic (exact) mass is 223 g/mol. The van der Waals surface area contributed by atoms with Crippen molar-refractivity contribution in [2.24, 2.45) is 5.92 Å². The Morgan fingerprint density at radius 2 is 1.62 bits per heavy atom. The van der Waals surface area contributed by atoms with Gasteiger partial charge in [0, 0.05) is 6.92 Å². The minimum atomic E-state index is -0.939. The molecule has 1 aliphatic rings. The Hall–Kier alpha value is -0.610. The number of amides is 2. The van der Waals surface area contributed by atoms with Gasteiger partial charge in [-0.15, -0.1) is 23.2 Å². The summed E-state index contributed by atoms with van der Waals surface area (Å²) in [5.41, 5.74) is 0. The number of carbonyl (C=O) groups excluding carboxylic acids is 3. The molecule has 1 saturated carbocycles. The first kappa shape index (κ1) is 10.5. The van der Waals surface area contributed by atoms with E-state index < -0.39 is 34.3 Å². The summed E-state index contributed by atoms with van der Waals surface area (Å²) in [7, 11) is 0. The molecule has 13 heavy (non-hydrogen) atoms. The molecule has 0 bridgehead atoms. The summed E-state index contributed by atoms with van der Waals surface area (Å²) in [5.74, 6) is -2.89. The molecule has 0 aliphatic heterocycles. The van der Waals surface area contributed by atoms with Gasteiger partial charge in [0.05, 0.1) is 16.7 Å². The van der Waals surface area contributed by atoms with Crippen molar-refractivity contribution in [3.8, 4) is 0 Å². The zero-order valence-corrected chi connectivity index (χ0v) is 8.22. The third-order valence-electron chi connectivity index (χ3n) is 1.67. The summed E-state index contributed by atoms with van der Waals surface area (Å²) in [6.45, 7) is 1.15. The van der Waals surface area contributed by atoms with Crippen LogP contribution in [-0.2, 0) is 14.4 Å². The van der Waals surface area contributed by atoms with Crippen molar-refractivity contribution in [3.63, 3.8) is 0 Å². The SMILES string of the molecule is CC(=O)NC(=O)C(=O)C1C(Cl)C1Cl. The van der Waals surface area contributed by atoms with Crippen molar-refractivity contribution in [2.75, 3.05) is 0 Å². The van der Waals surface area contributed by atoms with E-state index in [0.717, 1.165) is 6.92 Å². The van der Waals surface area contributed by atoms with Crippen molar-refractivity contribution >= 4 is 40.8 Å². The zero-order valence-electron chi connectivity index (χ0n) is 6.71. The molecule has 0 aromatic rings. The number of carbonyl (C=O) groups is 3. The Kier molecular flexibility index (Phi) is 2.93. The topological polar surface area (TPSA) is 63.2 Å². The van der Waals surface area contributed by atoms with Crippen molar-refractivity contribution in [2.45, 2.75) is 17.7 Å². The number of ketones is 1. The van der Waals surface area contributed by atoms with E-state index in [2.05, 4.69) is 0 Å².